The smallest absolute Gasteiger partial charge is 0.328 e. The van der Waals surface area contributed by atoms with Gasteiger partial charge < -0.3 is 10.4 Å². The third kappa shape index (κ3) is 5.61. The second-order valence-corrected chi connectivity index (χ2v) is 5.33. The van der Waals surface area contributed by atoms with Gasteiger partial charge in [-0.3, -0.25) is 4.79 Å². The summed E-state index contributed by atoms with van der Waals surface area (Å²) in [4.78, 5) is 22.2. The lowest BCUT2D eigenvalue weighted by molar-refractivity contribution is -0.131. The zero-order chi connectivity index (χ0) is 14.3. The number of carbonyl (C=O) groups is 2. The first kappa shape index (κ1) is 15.3. The Labute approximate surface area is 116 Å². The van der Waals surface area contributed by atoms with Crippen LogP contribution in [0, 0.1) is 0 Å². The first-order valence-corrected chi connectivity index (χ1v) is 7.13. The molecule has 0 radical (unpaired) electrons. The summed E-state index contributed by atoms with van der Waals surface area (Å²) in [7, 11) is 0. The van der Waals surface area contributed by atoms with E-state index in [2.05, 4.69) is 5.32 Å². The monoisotopic (exact) mass is 279 g/mol. The van der Waals surface area contributed by atoms with Gasteiger partial charge in [0, 0.05) is 23.4 Å². The molecule has 1 unspecified atom stereocenters. The Morgan fingerprint density at radius 1 is 1.37 bits per heavy atom. The fourth-order valence-electron chi connectivity index (χ4n) is 1.33. The van der Waals surface area contributed by atoms with Crippen LogP contribution in [0.25, 0.3) is 6.08 Å². The molecule has 1 aromatic rings. The molecule has 0 aromatic heterocycles. The van der Waals surface area contributed by atoms with Gasteiger partial charge >= 0.3 is 5.97 Å². The van der Waals surface area contributed by atoms with Crippen LogP contribution in [0.5, 0.6) is 0 Å². The van der Waals surface area contributed by atoms with E-state index in [1.54, 1.807) is 36.0 Å². The summed E-state index contributed by atoms with van der Waals surface area (Å²) in [5.41, 5.74) is 1.32. The van der Waals surface area contributed by atoms with Crippen LogP contribution >= 0.6 is 11.8 Å². The van der Waals surface area contributed by atoms with Crippen LogP contribution < -0.4 is 5.32 Å². The molecule has 0 spiro atoms. The van der Waals surface area contributed by atoms with Crippen molar-refractivity contribution in [2.24, 2.45) is 0 Å². The van der Waals surface area contributed by atoms with Gasteiger partial charge in [0.15, 0.2) is 0 Å². The first-order valence-electron chi connectivity index (χ1n) is 5.85. The minimum atomic E-state index is -0.993. The van der Waals surface area contributed by atoms with Gasteiger partial charge in [-0.25, -0.2) is 4.79 Å². The van der Waals surface area contributed by atoms with E-state index in [-0.39, 0.29) is 5.91 Å². The molecule has 102 valence electrons. The molecular weight excluding hydrogens is 262 g/mol. The van der Waals surface area contributed by atoms with Gasteiger partial charge in [0.2, 0.25) is 0 Å². The van der Waals surface area contributed by atoms with Crippen LogP contribution in [0.4, 0.5) is 0 Å². The molecule has 1 aromatic carbocycles. The van der Waals surface area contributed by atoms with Gasteiger partial charge in [-0.1, -0.05) is 19.1 Å². The zero-order valence-corrected chi connectivity index (χ0v) is 11.7. The summed E-state index contributed by atoms with van der Waals surface area (Å²) in [6.45, 7) is 2.67. The molecule has 0 saturated heterocycles. The Balaban J connectivity index is 2.60. The molecule has 1 rings (SSSR count). The highest BCUT2D eigenvalue weighted by atomic mass is 32.2. The molecule has 0 saturated carbocycles. The molecule has 0 aliphatic carbocycles. The average Bonchev–Trinajstić information content (AvgIpc) is 2.42. The quantitative estimate of drug-likeness (QED) is 0.784. The highest BCUT2D eigenvalue weighted by Crippen LogP contribution is 2.07. The fraction of sp³-hybridized carbons (Fsp3) is 0.286. The maximum atomic E-state index is 11.8. The molecule has 5 heteroatoms. The number of rotatable bonds is 6. The van der Waals surface area contributed by atoms with Crippen molar-refractivity contribution in [1.29, 1.82) is 0 Å². The molecule has 0 heterocycles. The Kier molecular flexibility index (Phi) is 6.15. The summed E-state index contributed by atoms with van der Waals surface area (Å²) in [5, 5.41) is 11.7. The highest BCUT2D eigenvalue weighted by molar-refractivity contribution is 7.99. The molecule has 4 nitrogen and oxygen atoms in total. The summed E-state index contributed by atoms with van der Waals surface area (Å²) < 4.78 is 0. The van der Waals surface area contributed by atoms with E-state index in [9.17, 15) is 9.59 Å². The Morgan fingerprint density at radius 2 is 2.00 bits per heavy atom. The van der Waals surface area contributed by atoms with E-state index in [1.165, 1.54) is 6.08 Å². The second-order valence-electron chi connectivity index (χ2n) is 4.05. The maximum Gasteiger partial charge on any atom is 0.328 e. The Morgan fingerprint density at radius 3 is 2.53 bits per heavy atom. The first-order chi connectivity index (χ1) is 9.02. The highest BCUT2D eigenvalue weighted by Gasteiger charge is 2.06. The lowest BCUT2D eigenvalue weighted by Crippen LogP contribution is -2.29. The van der Waals surface area contributed by atoms with E-state index in [4.69, 9.17) is 5.11 Å². The van der Waals surface area contributed by atoms with E-state index in [0.717, 1.165) is 11.6 Å². The van der Waals surface area contributed by atoms with Gasteiger partial charge in [-0.05, 0) is 30.0 Å². The van der Waals surface area contributed by atoms with Crippen molar-refractivity contribution in [2.75, 3.05) is 12.8 Å². The third-order valence-electron chi connectivity index (χ3n) is 2.54. The number of aliphatic carboxylic acids is 1. The predicted molar refractivity (Wildman–Crippen MR) is 78.4 cm³/mol. The zero-order valence-electron chi connectivity index (χ0n) is 10.9. The van der Waals surface area contributed by atoms with Crippen molar-refractivity contribution >= 4 is 29.7 Å². The van der Waals surface area contributed by atoms with Crippen molar-refractivity contribution in [3.8, 4) is 0 Å². The van der Waals surface area contributed by atoms with Gasteiger partial charge in [0.25, 0.3) is 5.91 Å². The van der Waals surface area contributed by atoms with Crippen molar-refractivity contribution in [3.05, 3.63) is 41.5 Å². The molecule has 0 fully saturated rings. The van der Waals surface area contributed by atoms with Crippen LogP contribution in [-0.2, 0) is 4.79 Å². The Hall–Kier alpha value is -1.75. The molecule has 19 heavy (non-hydrogen) atoms. The maximum absolute atomic E-state index is 11.8. The number of carboxylic acids is 1. The van der Waals surface area contributed by atoms with Crippen molar-refractivity contribution in [3.63, 3.8) is 0 Å². The fourth-order valence-corrected chi connectivity index (χ4v) is 1.58. The van der Waals surface area contributed by atoms with Gasteiger partial charge in [-0.2, -0.15) is 11.8 Å². The predicted octanol–water partition coefficient (Wildman–Crippen LogP) is 2.27. The number of carbonyl (C=O) groups excluding carboxylic acids is 1. The van der Waals surface area contributed by atoms with E-state index in [0.29, 0.717) is 17.4 Å². The SMILES string of the molecule is CSC(C)CNC(=O)c1ccc(/C=C/C(=O)O)cc1. The van der Waals surface area contributed by atoms with E-state index < -0.39 is 5.97 Å². The summed E-state index contributed by atoms with van der Waals surface area (Å²) in [6.07, 6.45) is 4.55. The standard InChI is InChI=1S/C14H17NO3S/c1-10(19-2)9-15-14(18)12-6-3-11(4-7-12)5-8-13(16)17/h3-8,10H,9H2,1-2H3,(H,15,18)(H,16,17)/b8-5+. The number of hydrogen-bond donors (Lipinski definition) is 2. The van der Waals surface area contributed by atoms with Gasteiger partial charge in [0.05, 0.1) is 0 Å². The normalized spacial score (nSPS) is 12.3. The summed E-state index contributed by atoms with van der Waals surface area (Å²) >= 11 is 1.69. The number of carboxylic acid groups (broad SMARTS) is 1. The molecule has 2 N–H and O–H groups in total. The van der Waals surface area contributed by atoms with Gasteiger partial charge in [-0.15, -0.1) is 0 Å². The number of amides is 1. The molecule has 1 amide bonds. The Bertz CT molecular complexity index is 468. The summed E-state index contributed by atoms with van der Waals surface area (Å²) in [5.74, 6) is -1.11. The van der Waals surface area contributed by atoms with Crippen molar-refractivity contribution in [2.45, 2.75) is 12.2 Å². The third-order valence-corrected chi connectivity index (χ3v) is 3.52. The van der Waals surface area contributed by atoms with Crippen LogP contribution in [0.15, 0.2) is 30.3 Å². The average molecular weight is 279 g/mol. The van der Waals surface area contributed by atoms with Crippen molar-refractivity contribution < 1.29 is 14.7 Å². The minimum absolute atomic E-state index is 0.116. The van der Waals surface area contributed by atoms with Crippen LogP contribution in [0.3, 0.4) is 0 Å². The van der Waals surface area contributed by atoms with E-state index in [1.807, 2.05) is 13.2 Å². The van der Waals surface area contributed by atoms with Gasteiger partial charge in [0.1, 0.15) is 0 Å². The molecular formula is C14H17NO3S. The number of hydrogen-bond acceptors (Lipinski definition) is 3. The van der Waals surface area contributed by atoms with Crippen molar-refractivity contribution in [1.82, 2.24) is 5.32 Å². The number of benzene rings is 1. The summed E-state index contributed by atoms with van der Waals surface area (Å²) in [6, 6.07) is 6.79. The number of thioether (sulfide) groups is 1. The molecule has 0 aliphatic heterocycles. The largest absolute Gasteiger partial charge is 0.478 e. The van der Waals surface area contributed by atoms with Crippen LogP contribution in [0.2, 0.25) is 0 Å². The molecule has 0 aliphatic rings. The molecule has 1 atom stereocenters. The topological polar surface area (TPSA) is 66.4 Å². The minimum Gasteiger partial charge on any atom is -0.478 e. The lowest BCUT2D eigenvalue weighted by atomic mass is 10.1. The van der Waals surface area contributed by atoms with Crippen LogP contribution in [-0.4, -0.2) is 35.0 Å². The van der Waals surface area contributed by atoms with Crippen LogP contribution in [0.1, 0.15) is 22.8 Å². The van der Waals surface area contributed by atoms with E-state index >= 15 is 0 Å². The lowest BCUT2D eigenvalue weighted by Gasteiger charge is -2.09. The number of nitrogens with one attached hydrogen (secondary N) is 1. The second kappa shape index (κ2) is 7.63. The molecule has 0 bridgehead atoms.